The quantitative estimate of drug-likeness (QED) is 0.459. The van der Waals surface area contributed by atoms with Gasteiger partial charge in [-0.3, -0.25) is 0 Å². The SMILES string of the molecule is O=C(O)C#Cc1ccccc1.[Na]. The van der Waals surface area contributed by atoms with Gasteiger partial charge < -0.3 is 5.11 Å². The van der Waals surface area contributed by atoms with E-state index in [2.05, 4.69) is 5.92 Å². The van der Waals surface area contributed by atoms with Crippen molar-refractivity contribution >= 4 is 35.5 Å². The summed E-state index contributed by atoms with van der Waals surface area (Å²) in [4.78, 5) is 10.00. The third-order valence-electron chi connectivity index (χ3n) is 1.09. The van der Waals surface area contributed by atoms with Gasteiger partial charge in [0.1, 0.15) is 0 Å². The van der Waals surface area contributed by atoms with E-state index in [4.69, 9.17) is 5.11 Å². The fraction of sp³-hybridized carbons (Fsp3) is 0. The van der Waals surface area contributed by atoms with Gasteiger partial charge in [-0.2, -0.15) is 0 Å². The van der Waals surface area contributed by atoms with Crippen LogP contribution in [0.15, 0.2) is 30.3 Å². The van der Waals surface area contributed by atoms with Crippen LogP contribution in [0.4, 0.5) is 0 Å². The molecule has 0 aliphatic carbocycles. The number of rotatable bonds is 0. The molecular weight excluding hydrogens is 163 g/mol. The summed E-state index contributed by atoms with van der Waals surface area (Å²) in [5.74, 6) is 3.42. The first-order valence-electron chi connectivity index (χ1n) is 3.09. The van der Waals surface area contributed by atoms with E-state index in [9.17, 15) is 4.79 Å². The maximum atomic E-state index is 10.00. The minimum absolute atomic E-state index is 0. The molecule has 1 radical (unpaired) electrons. The van der Waals surface area contributed by atoms with E-state index in [-0.39, 0.29) is 29.6 Å². The minimum Gasteiger partial charge on any atom is -0.472 e. The van der Waals surface area contributed by atoms with E-state index in [1.54, 1.807) is 12.1 Å². The average Bonchev–Trinajstić information content (AvgIpc) is 2.03. The standard InChI is InChI=1S/C9H6O2.Na/c10-9(11)7-6-8-4-2-1-3-5-8;/h1-5H,(H,10,11);. The fourth-order valence-corrected chi connectivity index (χ4v) is 0.647. The number of hydrogen-bond acceptors (Lipinski definition) is 1. The Morgan fingerprint density at radius 3 is 2.33 bits per heavy atom. The van der Waals surface area contributed by atoms with Gasteiger partial charge in [0, 0.05) is 41.0 Å². The van der Waals surface area contributed by atoms with Crippen molar-refractivity contribution in [2.24, 2.45) is 0 Å². The second-order valence-corrected chi connectivity index (χ2v) is 1.92. The Balaban J connectivity index is 0.00000121. The van der Waals surface area contributed by atoms with E-state index in [0.29, 0.717) is 0 Å². The maximum Gasteiger partial charge on any atom is 0.382 e. The first-order valence-corrected chi connectivity index (χ1v) is 3.09. The number of carbonyl (C=O) groups is 1. The zero-order valence-electron chi connectivity index (χ0n) is 6.74. The molecule has 0 amide bonds. The van der Waals surface area contributed by atoms with Gasteiger partial charge in [0.05, 0.1) is 0 Å². The monoisotopic (exact) mass is 169 g/mol. The Morgan fingerprint density at radius 2 is 1.83 bits per heavy atom. The van der Waals surface area contributed by atoms with Crippen molar-refractivity contribution in [1.29, 1.82) is 0 Å². The van der Waals surface area contributed by atoms with Gasteiger partial charge in [-0.15, -0.1) is 0 Å². The summed E-state index contributed by atoms with van der Waals surface area (Å²) < 4.78 is 0. The molecule has 0 aromatic heterocycles. The molecule has 0 unspecified atom stereocenters. The van der Waals surface area contributed by atoms with Crippen LogP contribution in [0.1, 0.15) is 5.56 Å². The molecule has 0 saturated heterocycles. The van der Waals surface area contributed by atoms with Crippen molar-refractivity contribution in [1.82, 2.24) is 0 Å². The van der Waals surface area contributed by atoms with Crippen molar-refractivity contribution in [3.63, 3.8) is 0 Å². The van der Waals surface area contributed by atoms with Gasteiger partial charge in [-0.05, 0) is 12.1 Å². The topological polar surface area (TPSA) is 37.3 Å². The van der Waals surface area contributed by atoms with E-state index in [1.165, 1.54) is 0 Å². The van der Waals surface area contributed by atoms with E-state index in [0.717, 1.165) is 5.56 Å². The first-order chi connectivity index (χ1) is 5.29. The van der Waals surface area contributed by atoms with Gasteiger partial charge in [0.2, 0.25) is 0 Å². The van der Waals surface area contributed by atoms with E-state index >= 15 is 0 Å². The van der Waals surface area contributed by atoms with Gasteiger partial charge in [0.15, 0.2) is 0 Å². The zero-order valence-corrected chi connectivity index (χ0v) is 8.74. The van der Waals surface area contributed by atoms with Crippen LogP contribution in [0.25, 0.3) is 0 Å². The second-order valence-electron chi connectivity index (χ2n) is 1.92. The number of benzene rings is 1. The van der Waals surface area contributed by atoms with Crippen molar-refractivity contribution in [2.45, 2.75) is 0 Å². The minimum atomic E-state index is -1.10. The second kappa shape index (κ2) is 5.84. The molecule has 2 nitrogen and oxygen atoms in total. The molecule has 55 valence electrons. The van der Waals surface area contributed by atoms with Crippen LogP contribution in [0.5, 0.6) is 0 Å². The predicted molar refractivity (Wildman–Crippen MR) is 46.7 cm³/mol. The summed E-state index contributed by atoms with van der Waals surface area (Å²) in [6.07, 6.45) is 0. The van der Waals surface area contributed by atoms with Gasteiger partial charge in [-0.25, -0.2) is 4.79 Å². The third kappa shape index (κ3) is 4.20. The Bertz CT molecular complexity index is 308. The molecule has 3 heteroatoms. The van der Waals surface area contributed by atoms with Gasteiger partial charge in [0.25, 0.3) is 0 Å². The normalized spacial score (nSPS) is 7.33. The van der Waals surface area contributed by atoms with Crippen LogP contribution in [0, 0.1) is 11.8 Å². The summed E-state index contributed by atoms with van der Waals surface area (Å²) in [5, 5.41) is 8.20. The maximum absolute atomic E-state index is 10.00. The van der Waals surface area contributed by atoms with E-state index < -0.39 is 5.97 Å². The van der Waals surface area contributed by atoms with Crippen molar-refractivity contribution < 1.29 is 9.90 Å². The molecule has 0 atom stereocenters. The molecule has 1 aromatic carbocycles. The van der Waals surface area contributed by atoms with Crippen molar-refractivity contribution in [2.75, 3.05) is 0 Å². The van der Waals surface area contributed by atoms with Crippen LogP contribution in [-0.2, 0) is 4.79 Å². The zero-order chi connectivity index (χ0) is 8.10. The molecule has 1 rings (SSSR count). The molecule has 0 aliphatic heterocycles. The van der Waals surface area contributed by atoms with Crippen LogP contribution in [-0.4, -0.2) is 40.6 Å². The molecule has 0 saturated carbocycles. The molecule has 12 heavy (non-hydrogen) atoms. The molecule has 0 aliphatic rings. The third-order valence-corrected chi connectivity index (χ3v) is 1.09. The number of hydrogen-bond donors (Lipinski definition) is 1. The van der Waals surface area contributed by atoms with Gasteiger partial charge in [-0.1, -0.05) is 24.1 Å². The summed E-state index contributed by atoms with van der Waals surface area (Å²) in [5.41, 5.74) is 0.718. The summed E-state index contributed by atoms with van der Waals surface area (Å²) in [6, 6.07) is 9.00. The largest absolute Gasteiger partial charge is 0.472 e. The van der Waals surface area contributed by atoms with E-state index in [1.807, 2.05) is 24.1 Å². The Kier molecular flexibility index (Phi) is 5.48. The smallest absolute Gasteiger partial charge is 0.382 e. The Hall–Kier alpha value is -0.750. The summed E-state index contributed by atoms with van der Waals surface area (Å²) >= 11 is 0. The molecule has 1 aromatic rings. The number of carboxylic acid groups (broad SMARTS) is 1. The molecule has 0 bridgehead atoms. The first kappa shape index (κ1) is 11.2. The summed E-state index contributed by atoms with van der Waals surface area (Å²) in [7, 11) is 0. The number of carboxylic acids is 1. The predicted octanol–water partition coefficient (Wildman–Crippen LogP) is 0.742. The van der Waals surface area contributed by atoms with Crippen molar-refractivity contribution in [3.8, 4) is 11.8 Å². The Labute approximate surface area is 92.9 Å². The van der Waals surface area contributed by atoms with Crippen LogP contribution < -0.4 is 0 Å². The molecule has 1 N–H and O–H groups in total. The number of aliphatic carboxylic acids is 1. The van der Waals surface area contributed by atoms with Crippen LogP contribution in [0.2, 0.25) is 0 Å². The Morgan fingerprint density at radius 1 is 1.25 bits per heavy atom. The molecule has 0 heterocycles. The fourth-order valence-electron chi connectivity index (χ4n) is 0.647. The average molecular weight is 169 g/mol. The molecular formula is C9H6NaO2. The van der Waals surface area contributed by atoms with Crippen LogP contribution in [0.3, 0.4) is 0 Å². The summed E-state index contributed by atoms with van der Waals surface area (Å²) in [6.45, 7) is 0. The van der Waals surface area contributed by atoms with Crippen molar-refractivity contribution in [3.05, 3.63) is 35.9 Å². The molecule has 0 fully saturated rings. The van der Waals surface area contributed by atoms with Gasteiger partial charge >= 0.3 is 5.97 Å². The molecule has 0 spiro atoms. The van der Waals surface area contributed by atoms with Crippen LogP contribution >= 0.6 is 0 Å².